The first-order chi connectivity index (χ1) is 10.1. The van der Waals surface area contributed by atoms with E-state index in [9.17, 15) is 0 Å². The number of hydrogen-bond acceptors (Lipinski definition) is 2. The molecule has 2 rings (SSSR count). The molecule has 21 heavy (non-hydrogen) atoms. The average molecular weight is 282 g/mol. The molecule has 1 heterocycles. The number of nitrogens with zero attached hydrogens (tertiary/aromatic N) is 4. The third-order valence-electron chi connectivity index (χ3n) is 2.77. The lowest BCUT2D eigenvalue weighted by Crippen LogP contribution is -2.35. The Kier molecular flexibility index (Phi) is 4.87. The quantitative estimate of drug-likeness (QED) is 0.658. The number of benzene rings is 1. The van der Waals surface area contributed by atoms with Crippen LogP contribution in [0.15, 0.2) is 64.8 Å². The van der Waals surface area contributed by atoms with Gasteiger partial charge in [-0.25, -0.2) is 4.99 Å². The summed E-state index contributed by atoms with van der Waals surface area (Å²) in [6, 6.07) is 13.6. The third kappa shape index (κ3) is 4.61. The number of aromatic nitrogens is 1. The predicted molar refractivity (Wildman–Crippen MR) is 85.1 cm³/mol. The lowest BCUT2D eigenvalue weighted by atomic mass is 10.2. The summed E-state index contributed by atoms with van der Waals surface area (Å²) in [6.07, 6.45) is 3.27. The molecule has 0 fully saturated rings. The highest BCUT2D eigenvalue weighted by Gasteiger charge is 2.03. The van der Waals surface area contributed by atoms with Gasteiger partial charge in [-0.15, -0.1) is 0 Å². The summed E-state index contributed by atoms with van der Waals surface area (Å²) in [5, 5.41) is 0. The van der Waals surface area contributed by atoms with Crippen molar-refractivity contribution in [2.45, 2.75) is 6.54 Å². The van der Waals surface area contributed by atoms with Gasteiger partial charge in [0.2, 0.25) is 5.96 Å². The minimum atomic E-state index is 0.0976. The Balaban J connectivity index is 2.04. The maximum absolute atomic E-state index is 5.92. The monoisotopic (exact) mass is 282 g/mol. The third-order valence-corrected chi connectivity index (χ3v) is 2.77. The highest BCUT2D eigenvalue weighted by atomic mass is 15.3. The molecule has 0 radical (unpaired) electrons. The van der Waals surface area contributed by atoms with Gasteiger partial charge in [-0.1, -0.05) is 30.3 Å². The van der Waals surface area contributed by atoms with Gasteiger partial charge in [0.1, 0.15) is 0 Å². The molecule has 0 bridgehead atoms. The van der Waals surface area contributed by atoms with E-state index in [4.69, 9.17) is 11.5 Å². The summed E-state index contributed by atoms with van der Waals surface area (Å²) in [6.45, 7) is 0.649. The van der Waals surface area contributed by atoms with Crippen LogP contribution in [0.1, 0.15) is 5.56 Å². The fraction of sp³-hybridized carbons (Fsp3) is 0.133. The molecule has 6 nitrogen and oxygen atoms in total. The van der Waals surface area contributed by atoms with Crippen LogP contribution in [0.2, 0.25) is 0 Å². The van der Waals surface area contributed by atoms with Crippen molar-refractivity contribution >= 4 is 17.6 Å². The van der Waals surface area contributed by atoms with Gasteiger partial charge < -0.3 is 16.4 Å². The Labute approximate surface area is 123 Å². The van der Waals surface area contributed by atoms with Crippen molar-refractivity contribution < 1.29 is 0 Å². The second-order valence-electron chi connectivity index (χ2n) is 4.49. The Bertz CT molecular complexity index is 621. The number of aliphatic imine (C=N–C) groups is 2. The van der Waals surface area contributed by atoms with E-state index in [0.717, 1.165) is 5.56 Å². The van der Waals surface area contributed by atoms with Crippen molar-refractivity contribution in [1.82, 2.24) is 9.88 Å². The van der Waals surface area contributed by atoms with Gasteiger partial charge in [-0.2, -0.15) is 4.99 Å². The standard InChI is InChI=1S/C15H18N6/c1-21(11-12-6-3-2-4-7-12)15(17)20-14(16)19-13-8-5-9-18-10-13/h2-10H,11H2,1H3,(H4,16,17,19,20). The highest BCUT2D eigenvalue weighted by molar-refractivity contribution is 5.94. The van der Waals surface area contributed by atoms with Crippen LogP contribution in [-0.4, -0.2) is 28.9 Å². The summed E-state index contributed by atoms with van der Waals surface area (Å²) in [5.41, 5.74) is 13.5. The molecule has 0 saturated carbocycles. The first-order valence-corrected chi connectivity index (χ1v) is 6.48. The number of pyridine rings is 1. The van der Waals surface area contributed by atoms with Gasteiger partial charge in [-0.3, -0.25) is 4.98 Å². The van der Waals surface area contributed by atoms with E-state index in [1.54, 1.807) is 29.4 Å². The zero-order valence-electron chi connectivity index (χ0n) is 11.8. The van der Waals surface area contributed by atoms with Gasteiger partial charge in [0.25, 0.3) is 0 Å². The van der Waals surface area contributed by atoms with Crippen LogP contribution in [0, 0.1) is 0 Å². The molecule has 4 N–H and O–H groups in total. The molecule has 6 heteroatoms. The Hall–Kier alpha value is -2.89. The molecular formula is C15H18N6. The van der Waals surface area contributed by atoms with Crippen LogP contribution < -0.4 is 11.5 Å². The molecule has 0 aliphatic heterocycles. The summed E-state index contributed by atoms with van der Waals surface area (Å²) < 4.78 is 0. The minimum absolute atomic E-state index is 0.0976. The SMILES string of the molecule is CN(Cc1ccccc1)C(N)=NC(N)=Nc1cccnc1. The van der Waals surface area contributed by atoms with Gasteiger partial charge in [0.15, 0.2) is 5.96 Å². The van der Waals surface area contributed by atoms with E-state index in [0.29, 0.717) is 18.2 Å². The van der Waals surface area contributed by atoms with E-state index in [2.05, 4.69) is 15.0 Å². The number of hydrogen-bond donors (Lipinski definition) is 2. The summed E-state index contributed by atoms with van der Waals surface area (Å²) >= 11 is 0. The van der Waals surface area contributed by atoms with E-state index in [1.807, 2.05) is 37.4 Å². The molecule has 1 aromatic heterocycles. The second kappa shape index (κ2) is 7.04. The van der Waals surface area contributed by atoms with Crippen molar-refractivity contribution in [2.75, 3.05) is 7.05 Å². The van der Waals surface area contributed by atoms with Crippen molar-refractivity contribution in [3.05, 3.63) is 60.4 Å². The molecule has 0 unspecified atom stereocenters. The van der Waals surface area contributed by atoms with Gasteiger partial charge in [0, 0.05) is 19.8 Å². The Morgan fingerprint density at radius 1 is 1.14 bits per heavy atom. The molecule has 0 amide bonds. The summed E-state index contributed by atoms with van der Waals surface area (Å²) in [7, 11) is 1.85. The van der Waals surface area contributed by atoms with Crippen LogP contribution in [0.3, 0.4) is 0 Å². The van der Waals surface area contributed by atoms with E-state index >= 15 is 0 Å². The number of nitrogens with two attached hydrogens (primary N) is 2. The summed E-state index contributed by atoms with van der Waals surface area (Å²) in [5.74, 6) is 0.407. The van der Waals surface area contributed by atoms with E-state index < -0.39 is 0 Å². The molecule has 0 saturated heterocycles. The van der Waals surface area contributed by atoms with Gasteiger partial charge in [0.05, 0.1) is 11.9 Å². The van der Waals surface area contributed by atoms with Crippen LogP contribution >= 0.6 is 0 Å². The van der Waals surface area contributed by atoms with Gasteiger partial charge in [-0.05, 0) is 17.7 Å². The first kappa shape index (κ1) is 14.5. The topological polar surface area (TPSA) is 92.9 Å². The largest absolute Gasteiger partial charge is 0.369 e. The van der Waals surface area contributed by atoms with Crippen molar-refractivity contribution in [1.29, 1.82) is 0 Å². The molecule has 0 spiro atoms. The Morgan fingerprint density at radius 3 is 2.57 bits per heavy atom. The van der Waals surface area contributed by atoms with Crippen LogP contribution in [0.4, 0.5) is 5.69 Å². The first-order valence-electron chi connectivity index (χ1n) is 6.48. The Morgan fingerprint density at radius 2 is 1.90 bits per heavy atom. The smallest absolute Gasteiger partial charge is 0.223 e. The fourth-order valence-corrected chi connectivity index (χ4v) is 1.72. The van der Waals surface area contributed by atoms with Crippen LogP contribution in [-0.2, 0) is 6.54 Å². The molecular weight excluding hydrogens is 264 g/mol. The van der Waals surface area contributed by atoms with E-state index in [1.165, 1.54) is 0 Å². The predicted octanol–water partition coefficient (Wildman–Crippen LogP) is 1.47. The highest BCUT2D eigenvalue weighted by Crippen LogP contribution is 2.07. The molecule has 1 aromatic carbocycles. The summed E-state index contributed by atoms with van der Waals surface area (Å²) in [4.78, 5) is 14.0. The molecule has 0 atom stereocenters. The van der Waals surface area contributed by atoms with Crippen molar-refractivity contribution in [2.24, 2.45) is 21.5 Å². The lowest BCUT2D eigenvalue weighted by Gasteiger charge is -2.17. The average Bonchev–Trinajstić information content (AvgIpc) is 2.49. The normalized spacial score (nSPS) is 12.2. The zero-order chi connectivity index (χ0) is 15.1. The molecule has 2 aromatic rings. The second-order valence-corrected chi connectivity index (χ2v) is 4.49. The molecule has 0 aliphatic carbocycles. The van der Waals surface area contributed by atoms with Crippen molar-refractivity contribution in [3.63, 3.8) is 0 Å². The lowest BCUT2D eigenvalue weighted by molar-refractivity contribution is 0.495. The minimum Gasteiger partial charge on any atom is -0.369 e. The maximum atomic E-state index is 5.92. The molecule has 108 valence electrons. The maximum Gasteiger partial charge on any atom is 0.223 e. The van der Waals surface area contributed by atoms with Crippen LogP contribution in [0.25, 0.3) is 0 Å². The van der Waals surface area contributed by atoms with Crippen molar-refractivity contribution in [3.8, 4) is 0 Å². The number of rotatable bonds is 3. The zero-order valence-corrected chi connectivity index (χ0v) is 11.8. The number of guanidine groups is 2. The molecule has 0 aliphatic rings. The van der Waals surface area contributed by atoms with Crippen LogP contribution in [0.5, 0.6) is 0 Å². The van der Waals surface area contributed by atoms with Gasteiger partial charge >= 0.3 is 0 Å². The van der Waals surface area contributed by atoms with E-state index in [-0.39, 0.29) is 5.96 Å². The fourth-order valence-electron chi connectivity index (χ4n) is 1.72.